The molecule has 1 heterocycles. The zero-order valence-electron chi connectivity index (χ0n) is 13.0. The second kappa shape index (κ2) is 5.72. The van der Waals surface area contributed by atoms with Crippen LogP contribution in [-0.4, -0.2) is 27.2 Å². The Bertz CT molecular complexity index is 711. The van der Waals surface area contributed by atoms with Crippen molar-refractivity contribution >= 4 is 11.6 Å². The summed E-state index contributed by atoms with van der Waals surface area (Å²) in [6, 6.07) is 13.8. The SMILES string of the molecule is COc1ccc(CC2C(=O)N(C)c3ccccc32)cc1OC. The zero-order chi connectivity index (χ0) is 15.7. The first kappa shape index (κ1) is 14.4. The molecule has 0 aromatic heterocycles. The van der Waals surface area contributed by atoms with Crippen molar-refractivity contribution in [2.45, 2.75) is 12.3 Å². The van der Waals surface area contributed by atoms with Crippen molar-refractivity contribution in [2.75, 3.05) is 26.2 Å². The van der Waals surface area contributed by atoms with Crippen LogP contribution in [0.3, 0.4) is 0 Å². The van der Waals surface area contributed by atoms with Gasteiger partial charge in [-0.25, -0.2) is 0 Å². The van der Waals surface area contributed by atoms with E-state index < -0.39 is 0 Å². The largest absolute Gasteiger partial charge is 0.493 e. The van der Waals surface area contributed by atoms with Gasteiger partial charge in [0.25, 0.3) is 0 Å². The van der Waals surface area contributed by atoms with Crippen LogP contribution in [0.5, 0.6) is 11.5 Å². The van der Waals surface area contributed by atoms with Crippen LogP contribution in [0.2, 0.25) is 0 Å². The first-order chi connectivity index (χ1) is 10.7. The van der Waals surface area contributed by atoms with Gasteiger partial charge < -0.3 is 14.4 Å². The molecule has 4 nitrogen and oxygen atoms in total. The number of hydrogen-bond donors (Lipinski definition) is 0. The minimum atomic E-state index is -0.140. The quantitative estimate of drug-likeness (QED) is 0.871. The lowest BCUT2D eigenvalue weighted by molar-refractivity contribution is -0.119. The van der Waals surface area contributed by atoms with Gasteiger partial charge in [0.2, 0.25) is 5.91 Å². The normalized spacial score (nSPS) is 16.6. The summed E-state index contributed by atoms with van der Waals surface area (Å²) in [4.78, 5) is 14.3. The van der Waals surface area contributed by atoms with Gasteiger partial charge in [-0.05, 0) is 35.7 Å². The number of ether oxygens (including phenoxy) is 2. The molecule has 2 aromatic carbocycles. The molecule has 1 unspecified atom stereocenters. The molecule has 0 bridgehead atoms. The van der Waals surface area contributed by atoms with E-state index in [1.54, 1.807) is 19.1 Å². The van der Waals surface area contributed by atoms with Gasteiger partial charge >= 0.3 is 0 Å². The number of carbonyl (C=O) groups excluding carboxylic acids is 1. The number of benzene rings is 2. The lowest BCUT2D eigenvalue weighted by Gasteiger charge is -2.13. The third-order valence-electron chi connectivity index (χ3n) is 4.19. The summed E-state index contributed by atoms with van der Waals surface area (Å²) in [7, 11) is 5.06. The van der Waals surface area contributed by atoms with E-state index in [0.29, 0.717) is 17.9 Å². The van der Waals surface area contributed by atoms with Crippen LogP contribution in [0.25, 0.3) is 0 Å². The molecule has 0 fully saturated rings. The van der Waals surface area contributed by atoms with Crippen molar-refractivity contribution in [2.24, 2.45) is 0 Å². The maximum atomic E-state index is 12.5. The van der Waals surface area contributed by atoms with Gasteiger partial charge in [0.05, 0.1) is 20.1 Å². The first-order valence-corrected chi connectivity index (χ1v) is 7.23. The van der Waals surface area contributed by atoms with E-state index in [1.807, 2.05) is 49.5 Å². The van der Waals surface area contributed by atoms with Crippen molar-refractivity contribution < 1.29 is 14.3 Å². The van der Waals surface area contributed by atoms with E-state index >= 15 is 0 Å². The average molecular weight is 297 g/mol. The van der Waals surface area contributed by atoms with Crippen molar-refractivity contribution in [1.29, 1.82) is 0 Å². The van der Waals surface area contributed by atoms with Crippen LogP contribution < -0.4 is 14.4 Å². The van der Waals surface area contributed by atoms with Gasteiger partial charge in [-0.3, -0.25) is 4.79 Å². The highest BCUT2D eigenvalue weighted by molar-refractivity contribution is 6.04. The van der Waals surface area contributed by atoms with Crippen LogP contribution >= 0.6 is 0 Å². The summed E-state index contributed by atoms with van der Waals surface area (Å²) in [6.45, 7) is 0. The summed E-state index contributed by atoms with van der Waals surface area (Å²) < 4.78 is 10.6. The molecular formula is C18H19NO3. The predicted molar refractivity (Wildman–Crippen MR) is 85.8 cm³/mol. The van der Waals surface area contributed by atoms with E-state index in [4.69, 9.17) is 9.47 Å². The van der Waals surface area contributed by atoms with Crippen molar-refractivity contribution in [3.63, 3.8) is 0 Å². The summed E-state index contributed by atoms with van der Waals surface area (Å²) in [6.07, 6.45) is 0.653. The highest BCUT2D eigenvalue weighted by Crippen LogP contribution is 2.39. The molecule has 22 heavy (non-hydrogen) atoms. The summed E-state index contributed by atoms with van der Waals surface area (Å²) in [5, 5.41) is 0. The zero-order valence-corrected chi connectivity index (χ0v) is 13.0. The van der Waals surface area contributed by atoms with Gasteiger partial charge in [0.15, 0.2) is 11.5 Å². The molecule has 0 N–H and O–H groups in total. The number of methoxy groups -OCH3 is 2. The number of likely N-dealkylation sites (N-methyl/N-ethyl adjacent to an activating group) is 1. The number of hydrogen-bond acceptors (Lipinski definition) is 3. The fraction of sp³-hybridized carbons (Fsp3) is 0.278. The molecule has 2 aromatic rings. The molecule has 0 spiro atoms. The Labute approximate surface area is 130 Å². The Kier molecular flexibility index (Phi) is 3.75. The molecule has 0 aliphatic carbocycles. The van der Waals surface area contributed by atoms with Crippen molar-refractivity contribution in [3.8, 4) is 11.5 Å². The third kappa shape index (κ3) is 2.30. The highest BCUT2D eigenvalue weighted by atomic mass is 16.5. The highest BCUT2D eigenvalue weighted by Gasteiger charge is 2.34. The smallest absolute Gasteiger partial charge is 0.234 e. The topological polar surface area (TPSA) is 38.8 Å². The van der Waals surface area contributed by atoms with Crippen LogP contribution in [0.15, 0.2) is 42.5 Å². The summed E-state index contributed by atoms with van der Waals surface area (Å²) in [5.74, 6) is 1.38. The Morgan fingerprint density at radius 2 is 1.77 bits per heavy atom. The number of carbonyl (C=O) groups is 1. The lowest BCUT2D eigenvalue weighted by atomic mass is 9.93. The maximum Gasteiger partial charge on any atom is 0.234 e. The Morgan fingerprint density at radius 1 is 1.05 bits per heavy atom. The van der Waals surface area contributed by atoms with Crippen LogP contribution in [-0.2, 0) is 11.2 Å². The van der Waals surface area contributed by atoms with Gasteiger partial charge in [0.1, 0.15) is 0 Å². The second-order valence-corrected chi connectivity index (χ2v) is 5.40. The number of para-hydroxylation sites is 1. The minimum absolute atomic E-state index is 0.135. The monoisotopic (exact) mass is 297 g/mol. The molecule has 114 valence electrons. The molecule has 0 radical (unpaired) electrons. The fourth-order valence-corrected chi connectivity index (χ4v) is 3.01. The molecule has 1 atom stereocenters. The summed E-state index contributed by atoms with van der Waals surface area (Å²) in [5.41, 5.74) is 3.14. The molecule has 3 rings (SSSR count). The van der Waals surface area contributed by atoms with E-state index in [2.05, 4.69) is 0 Å². The maximum absolute atomic E-state index is 12.5. The summed E-state index contributed by atoms with van der Waals surface area (Å²) >= 11 is 0. The molecule has 1 aliphatic heterocycles. The van der Waals surface area contributed by atoms with E-state index in [-0.39, 0.29) is 11.8 Å². The van der Waals surface area contributed by atoms with Crippen molar-refractivity contribution in [3.05, 3.63) is 53.6 Å². The number of fused-ring (bicyclic) bond motifs is 1. The standard InChI is InChI=1S/C18H19NO3/c1-19-15-7-5-4-6-13(15)14(18(19)20)10-12-8-9-16(21-2)17(11-12)22-3/h4-9,11,14H,10H2,1-3H3. The van der Waals surface area contributed by atoms with Crippen LogP contribution in [0, 0.1) is 0 Å². The molecular weight excluding hydrogens is 278 g/mol. The second-order valence-electron chi connectivity index (χ2n) is 5.40. The Balaban J connectivity index is 1.92. The van der Waals surface area contributed by atoms with Crippen LogP contribution in [0.4, 0.5) is 5.69 Å². The molecule has 0 saturated heterocycles. The van der Waals surface area contributed by atoms with Crippen LogP contribution in [0.1, 0.15) is 17.0 Å². The Hall–Kier alpha value is -2.49. The van der Waals surface area contributed by atoms with Crippen molar-refractivity contribution in [1.82, 2.24) is 0 Å². The number of rotatable bonds is 4. The Morgan fingerprint density at radius 3 is 2.50 bits per heavy atom. The van der Waals surface area contributed by atoms with E-state index in [9.17, 15) is 4.79 Å². The third-order valence-corrected chi connectivity index (χ3v) is 4.19. The number of anilines is 1. The predicted octanol–water partition coefficient (Wildman–Crippen LogP) is 3.01. The fourth-order valence-electron chi connectivity index (χ4n) is 3.01. The number of nitrogens with zero attached hydrogens (tertiary/aromatic N) is 1. The van der Waals surface area contributed by atoms with Gasteiger partial charge in [-0.15, -0.1) is 0 Å². The number of amides is 1. The molecule has 1 amide bonds. The lowest BCUT2D eigenvalue weighted by Crippen LogP contribution is -2.24. The van der Waals surface area contributed by atoms with Gasteiger partial charge in [-0.2, -0.15) is 0 Å². The van der Waals surface area contributed by atoms with E-state index in [1.165, 1.54) is 0 Å². The molecule has 1 aliphatic rings. The van der Waals surface area contributed by atoms with E-state index in [0.717, 1.165) is 16.8 Å². The van der Waals surface area contributed by atoms with Gasteiger partial charge in [-0.1, -0.05) is 24.3 Å². The molecule has 0 saturated carbocycles. The van der Waals surface area contributed by atoms with Gasteiger partial charge in [0, 0.05) is 12.7 Å². The first-order valence-electron chi connectivity index (χ1n) is 7.23. The minimum Gasteiger partial charge on any atom is -0.493 e. The molecule has 4 heteroatoms. The average Bonchev–Trinajstić information content (AvgIpc) is 2.80.